The summed E-state index contributed by atoms with van der Waals surface area (Å²) in [5, 5.41) is 0.911. The van der Waals surface area contributed by atoms with Gasteiger partial charge in [0.15, 0.2) is 5.82 Å². The van der Waals surface area contributed by atoms with Crippen LogP contribution in [0, 0.1) is 0 Å². The van der Waals surface area contributed by atoms with E-state index in [-0.39, 0.29) is 6.10 Å². The molecule has 0 saturated heterocycles. The Labute approximate surface area is 129 Å². The molecule has 3 rings (SSSR count). The van der Waals surface area contributed by atoms with Crippen molar-refractivity contribution < 1.29 is 9.47 Å². The minimum absolute atomic E-state index is 0.155. The maximum absolute atomic E-state index is 5.65. The molecule has 0 unspecified atom stereocenters. The normalized spacial score (nSPS) is 10.9. The Kier molecular flexibility index (Phi) is 3.92. The van der Waals surface area contributed by atoms with E-state index in [9.17, 15) is 0 Å². The Balaban J connectivity index is 2.02. The Morgan fingerprint density at radius 2 is 1.64 bits per heavy atom. The zero-order valence-electron chi connectivity index (χ0n) is 12.9. The second-order valence-electron chi connectivity index (χ2n) is 5.26. The van der Waals surface area contributed by atoms with Crippen molar-refractivity contribution in [2.75, 3.05) is 7.11 Å². The van der Waals surface area contributed by atoms with E-state index in [4.69, 9.17) is 9.47 Å². The monoisotopic (exact) mass is 294 g/mol. The maximum atomic E-state index is 5.65. The Morgan fingerprint density at radius 3 is 2.32 bits per heavy atom. The SMILES string of the molecule is COc1nc(-c2ccc(OC(C)C)cc2)nc2ccccc12. The molecule has 0 saturated carbocycles. The van der Waals surface area contributed by atoms with Gasteiger partial charge in [0, 0.05) is 5.56 Å². The molecule has 0 aliphatic rings. The van der Waals surface area contributed by atoms with Crippen molar-refractivity contribution in [3.63, 3.8) is 0 Å². The molecule has 0 bridgehead atoms. The number of hydrogen-bond donors (Lipinski definition) is 0. The van der Waals surface area contributed by atoms with Crippen LogP contribution in [0.5, 0.6) is 11.6 Å². The molecule has 4 heteroatoms. The van der Waals surface area contributed by atoms with Gasteiger partial charge in [0.2, 0.25) is 5.88 Å². The van der Waals surface area contributed by atoms with E-state index in [1.165, 1.54) is 0 Å². The lowest BCUT2D eigenvalue weighted by Gasteiger charge is -2.10. The summed E-state index contributed by atoms with van der Waals surface area (Å²) in [6, 6.07) is 15.6. The van der Waals surface area contributed by atoms with Crippen molar-refractivity contribution >= 4 is 10.9 Å². The summed E-state index contributed by atoms with van der Waals surface area (Å²) >= 11 is 0. The van der Waals surface area contributed by atoms with Gasteiger partial charge in [-0.3, -0.25) is 0 Å². The van der Waals surface area contributed by atoms with Crippen LogP contribution in [0.25, 0.3) is 22.3 Å². The fourth-order valence-corrected chi connectivity index (χ4v) is 2.29. The predicted octanol–water partition coefficient (Wildman–Crippen LogP) is 4.09. The molecular formula is C18H18N2O2. The van der Waals surface area contributed by atoms with Gasteiger partial charge in [-0.15, -0.1) is 0 Å². The van der Waals surface area contributed by atoms with Gasteiger partial charge < -0.3 is 9.47 Å². The lowest BCUT2D eigenvalue weighted by molar-refractivity contribution is 0.242. The third-order valence-electron chi connectivity index (χ3n) is 3.25. The van der Waals surface area contributed by atoms with E-state index in [1.54, 1.807) is 7.11 Å². The van der Waals surface area contributed by atoms with Crippen molar-refractivity contribution in [3.05, 3.63) is 48.5 Å². The first-order valence-electron chi connectivity index (χ1n) is 7.25. The molecule has 3 aromatic rings. The minimum atomic E-state index is 0.155. The molecule has 1 heterocycles. The number of para-hydroxylation sites is 1. The summed E-state index contributed by atoms with van der Waals surface area (Å²) in [4.78, 5) is 9.12. The summed E-state index contributed by atoms with van der Waals surface area (Å²) < 4.78 is 11.0. The van der Waals surface area contributed by atoms with E-state index in [0.717, 1.165) is 22.2 Å². The molecule has 1 aromatic heterocycles. The summed E-state index contributed by atoms with van der Waals surface area (Å²) in [6.07, 6.45) is 0.155. The first-order chi connectivity index (χ1) is 10.7. The molecule has 0 N–H and O–H groups in total. The van der Waals surface area contributed by atoms with Gasteiger partial charge in [0.05, 0.1) is 24.1 Å². The lowest BCUT2D eigenvalue weighted by Crippen LogP contribution is -2.05. The number of ether oxygens (including phenoxy) is 2. The van der Waals surface area contributed by atoms with Gasteiger partial charge in [0.25, 0.3) is 0 Å². The van der Waals surface area contributed by atoms with Crippen LogP contribution in [0.2, 0.25) is 0 Å². The molecule has 0 radical (unpaired) electrons. The van der Waals surface area contributed by atoms with Crippen molar-refractivity contribution in [2.45, 2.75) is 20.0 Å². The van der Waals surface area contributed by atoms with Crippen LogP contribution in [-0.2, 0) is 0 Å². The van der Waals surface area contributed by atoms with Crippen molar-refractivity contribution in [3.8, 4) is 23.0 Å². The standard InChI is InChI=1S/C18H18N2O2/c1-12(2)22-14-10-8-13(9-11-14)17-19-16-7-5-4-6-15(16)18(20-17)21-3/h4-12H,1-3H3. The van der Waals surface area contributed by atoms with Crippen LogP contribution in [0.3, 0.4) is 0 Å². The second kappa shape index (κ2) is 6.02. The third-order valence-corrected chi connectivity index (χ3v) is 3.25. The molecule has 0 spiro atoms. The largest absolute Gasteiger partial charge is 0.491 e. The highest BCUT2D eigenvalue weighted by molar-refractivity contribution is 5.85. The fourth-order valence-electron chi connectivity index (χ4n) is 2.29. The summed E-state index contributed by atoms with van der Waals surface area (Å²) in [6.45, 7) is 4.01. The van der Waals surface area contributed by atoms with Crippen LogP contribution < -0.4 is 9.47 Å². The fraction of sp³-hybridized carbons (Fsp3) is 0.222. The van der Waals surface area contributed by atoms with Crippen molar-refractivity contribution in [1.82, 2.24) is 9.97 Å². The predicted molar refractivity (Wildman–Crippen MR) is 87.3 cm³/mol. The van der Waals surface area contributed by atoms with Crippen LogP contribution in [-0.4, -0.2) is 23.2 Å². The van der Waals surface area contributed by atoms with E-state index < -0.39 is 0 Å². The number of rotatable bonds is 4. The molecular weight excluding hydrogens is 276 g/mol. The zero-order valence-corrected chi connectivity index (χ0v) is 12.9. The average Bonchev–Trinajstić information content (AvgIpc) is 2.54. The first kappa shape index (κ1) is 14.3. The molecule has 0 fully saturated rings. The number of nitrogens with zero attached hydrogens (tertiary/aromatic N) is 2. The van der Waals surface area contributed by atoms with Gasteiger partial charge >= 0.3 is 0 Å². The summed E-state index contributed by atoms with van der Waals surface area (Å²) in [5.41, 5.74) is 1.80. The highest BCUT2D eigenvalue weighted by atomic mass is 16.5. The number of fused-ring (bicyclic) bond motifs is 1. The van der Waals surface area contributed by atoms with E-state index in [1.807, 2.05) is 62.4 Å². The van der Waals surface area contributed by atoms with E-state index >= 15 is 0 Å². The average molecular weight is 294 g/mol. The van der Waals surface area contributed by atoms with Crippen LogP contribution in [0.15, 0.2) is 48.5 Å². The summed E-state index contributed by atoms with van der Waals surface area (Å²) in [7, 11) is 1.62. The van der Waals surface area contributed by atoms with Crippen molar-refractivity contribution in [1.29, 1.82) is 0 Å². The smallest absolute Gasteiger partial charge is 0.224 e. The van der Waals surface area contributed by atoms with Crippen LogP contribution in [0.1, 0.15) is 13.8 Å². The van der Waals surface area contributed by atoms with E-state index in [2.05, 4.69) is 9.97 Å². The molecule has 4 nitrogen and oxygen atoms in total. The lowest BCUT2D eigenvalue weighted by atomic mass is 10.2. The van der Waals surface area contributed by atoms with Crippen molar-refractivity contribution in [2.24, 2.45) is 0 Å². The van der Waals surface area contributed by atoms with E-state index in [0.29, 0.717) is 11.7 Å². The Hall–Kier alpha value is -2.62. The molecule has 2 aromatic carbocycles. The molecule has 22 heavy (non-hydrogen) atoms. The zero-order chi connectivity index (χ0) is 15.5. The summed E-state index contributed by atoms with van der Waals surface area (Å²) in [5.74, 6) is 2.07. The number of hydrogen-bond acceptors (Lipinski definition) is 4. The minimum Gasteiger partial charge on any atom is -0.491 e. The van der Waals surface area contributed by atoms with Gasteiger partial charge in [-0.25, -0.2) is 4.98 Å². The van der Waals surface area contributed by atoms with Gasteiger partial charge in [-0.2, -0.15) is 4.98 Å². The van der Waals surface area contributed by atoms with Gasteiger partial charge in [0.1, 0.15) is 5.75 Å². The quantitative estimate of drug-likeness (QED) is 0.727. The van der Waals surface area contributed by atoms with Crippen LogP contribution in [0.4, 0.5) is 0 Å². The molecule has 0 atom stereocenters. The maximum Gasteiger partial charge on any atom is 0.224 e. The third kappa shape index (κ3) is 2.86. The highest BCUT2D eigenvalue weighted by Gasteiger charge is 2.09. The number of benzene rings is 2. The van der Waals surface area contributed by atoms with Crippen LogP contribution >= 0.6 is 0 Å². The number of aromatic nitrogens is 2. The van der Waals surface area contributed by atoms with Gasteiger partial charge in [-0.1, -0.05) is 12.1 Å². The second-order valence-corrected chi connectivity index (χ2v) is 5.26. The molecule has 0 aliphatic carbocycles. The highest BCUT2D eigenvalue weighted by Crippen LogP contribution is 2.27. The molecule has 112 valence electrons. The first-order valence-corrected chi connectivity index (χ1v) is 7.25. The Bertz CT molecular complexity index is 783. The topological polar surface area (TPSA) is 44.2 Å². The van der Waals surface area contributed by atoms with Gasteiger partial charge in [-0.05, 0) is 50.2 Å². The number of methoxy groups -OCH3 is 1. The molecule has 0 aliphatic heterocycles. The molecule has 0 amide bonds. The Morgan fingerprint density at radius 1 is 0.909 bits per heavy atom.